The molecule has 0 radical (unpaired) electrons. The number of nitrogens with two attached hydrogens (primary N) is 1. The van der Waals surface area contributed by atoms with E-state index in [0.29, 0.717) is 12.1 Å². The lowest BCUT2D eigenvalue weighted by atomic mass is 10.1. The Morgan fingerprint density at radius 2 is 2.29 bits per heavy atom. The Kier molecular flexibility index (Phi) is 3.98. The van der Waals surface area contributed by atoms with Gasteiger partial charge < -0.3 is 10.8 Å². The maximum absolute atomic E-state index is 11.4. The summed E-state index contributed by atoms with van der Waals surface area (Å²) in [6.07, 6.45) is 2.18. The van der Waals surface area contributed by atoms with Crippen LogP contribution in [0.4, 0.5) is 0 Å². The molecule has 0 bridgehead atoms. The van der Waals surface area contributed by atoms with Gasteiger partial charge in [0.2, 0.25) is 0 Å². The van der Waals surface area contributed by atoms with E-state index in [-0.39, 0.29) is 18.0 Å². The summed E-state index contributed by atoms with van der Waals surface area (Å²) in [5.41, 5.74) is 5.62. The molecule has 0 unspecified atom stereocenters. The van der Waals surface area contributed by atoms with Crippen LogP contribution in [0.25, 0.3) is 0 Å². The second-order valence-corrected chi connectivity index (χ2v) is 3.72. The summed E-state index contributed by atoms with van der Waals surface area (Å²) < 4.78 is 0. The van der Waals surface area contributed by atoms with Gasteiger partial charge >= 0.3 is 0 Å². The number of Topliss-reactive ketones (excluding diaryl/α,β-unsaturated/α-hetero) is 1. The van der Waals surface area contributed by atoms with Crippen LogP contribution in [0.1, 0.15) is 16.8 Å². The first-order valence-electron chi connectivity index (χ1n) is 4.29. The summed E-state index contributed by atoms with van der Waals surface area (Å²) >= 11 is 1.52. The van der Waals surface area contributed by atoms with E-state index in [1.807, 2.05) is 12.3 Å². The van der Waals surface area contributed by atoms with Crippen LogP contribution in [0.2, 0.25) is 0 Å². The van der Waals surface area contributed by atoms with Crippen LogP contribution in [0.5, 0.6) is 5.75 Å². The van der Waals surface area contributed by atoms with Gasteiger partial charge in [-0.1, -0.05) is 0 Å². The van der Waals surface area contributed by atoms with Crippen molar-refractivity contribution in [3.63, 3.8) is 0 Å². The van der Waals surface area contributed by atoms with E-state index in [1.165, 1.54) is 11.8 Å². The van der Waals surface area contributed by atoms with Crippen molar-refractivity contribution in [2.75, 3.05) is 12.8 Å². The number of carbonyl (C=O) groups excluding carboxylic acids is 1. The molecule has 1 aromatic carbocycles. The van der Waals surface area contributed by atoms with E-state index in [1.54, 1.807) is 12.1 Å². The molecule has 0 heterocycles. The lowest BCUT2D eigenvalue weighted by Crippen LogP contribution is -2.08. The van der Waals surface area contributed by atoms with E-state index in [2.05, 4.69) is 0 Å². The van der Waals surface area contributed by atoms with E-state index in [4.69, 9.17) is 5.73 Å². The SMILES string of the molecule is CSc1ccc(C(=O)CCN)c(O)c1. The molecule has 0 aromatic heterocycles. The van der Waals surface area contributed by atoms with Crippen LogP contribution in [-0.2, 0) is 0 Å². The number of ketones is 1. The Balaban J connectivity index is 2.94. The van der Waals surface area contributed by atoms with Gasteiger partial charge in [-0.3, -0.25) is 4.79 Å². The van der Waals surface area contributed by atoms with Crippen molar-refractivity contribution in [3.05, 3.63) is 23.8 Å². The Morgan fingerprint density at radius 1 is 1.57 bits per heavy atom. The number of phenols is 1. The van der Waals surface area contributed by atoms with Crippen LogP contribution in [-0.4, -0.2) is 23.7 Å². The third-order valence-electron chi connectivity index (χ3n) is 1.88. The first-order chi connectivity index (χ1) is 6.69. The van der Waals surface area contributed by atoms with Gasteiger partial charge in [-0.2, -0.15) is 0 Å². The normalized spacial score (nSPS) is 10.1. The fourth-order valence-electron chi connectivity index (χ4n) is 1.14. The van der Waals surface area contributed by atoms with Crippen molar-refractivity contribution in [1.29, 1.82) is 0 Å². The smallest absolute Gasteiger partial charge is 0.167 e. The van der Waals surface area contributed by atoms with Crippen molar-refractivity contribution < 1.29 is 9.90 Å². The molecule has 0 saturated carbocycles. The van der Waals surface area contributed by atoms with Crippen molar-refractivity contribution in [2.45, 2.75) is 11.3 Å². The molecule has 3 nitrogen and oxygen atoms in total. The predicted octanol–water partition coefficient (Wildman–Crippen LogP) is 1.65. The van der Waals surface area contributed by atoms with Gasteiger partial charge in [-0.25, -0.2) is 0 Å². The number of hydrogen-bond acceptors (Lipinski definition) is 4. The molecule has 0 fully saturated rings. The number of phenolic OH excluding ortho intramolecular Hbond substituents is 1. The molecule has 1 rings (SSSR count). The minimum atomic E-state index is -0.113. The molecule has 0 amide bonds. The number of hydrogen-bond donors (Lipinski definition) is 2. The first-order valence-corrected chi connectivity index (χ1v) is 5.51. The molecule has 1 aromatic rings. The standard InChI is InChI=1S/C10H13NO2S/c1-14-7-2-3-8(10(13)6-7)9(12)4-5-11/h2-3,6,13H,4-5,11H2,1H3. The maximum Gasteiger partial charge on any atom is 0.167 e. The van der Waals surface area contributed by atoms with E-state index in [9.17, 15) is 9.90 Å². The highest BCUT2D eigenvalue weighted by Crippen LogP contribution is 2.24. The molecule has 0 atom stereocenters. The quantitative estimate of drug-likeness (QED) is 0.587. The zero-order valence-electron chi connectivity index (χ0n) is 7.99. The average molecular weight is 211 g/mol. The van der Waals surface area contributed by atoms with E-state index < -0.39 is 0 Å². The van der Waals surface area contributed by atoms with Crippen molar-refractivity contribution in [3.8, 4) is 5.75 Å². The predicted molar refractivity (Wildman–Crippen MR) is 57.9 cm³/mol. The Morgan fingerprint density at radius 3 is 2.79 bits per heavy atom. The second kappa shape index (κ2) is 5.02. The lowest BCUT2D eigenvalue weighted by Gasteiger charge is -2.04. The number of carbonyl (C=O) groups is 1. The Labute approximate surface area is 87.3 Å². The van der Waals surface area contributed by atoms with Gasteiger partial charge in [0, 0.05) is 11.3 Å². The Hall–Kier alpha value is -1.00. The highest BCUT2D eigenvalue weighted by Gasteiger charge is 2.10. The van der Waals surface area contributed by atoms with Crippen LogP contribution in [0.3, 0.4) is 0 Å². The molecule has 0 aliphatic rings. The second-order valence-electron chi connectivity index (χ2n) is 2.84. The molecule has 0 aliphatic carbocycles. The maximum atomic E-state index is 11.4. The molecular weight excluding hydrogens is 198 g/mol. The lowest BCUT2D eigenvalue weighted by molar-refractivity contribution is 0.0983. The largest absolute Gasteiger partial charge is 0.507 e. The zero-order chi connectivity index (χ0) is 10.6. The van der Waals surface area contributed by atoms with Gasteiger partial charge in [0.1, 0.15) is 5.75 Å². The van der Waals surface area contributed by atoms with E-state index in [0.717, 1.165) is 4.90 Å². The van der Waals surface area contributed by atoms with Crippen molar-refractivity contribution >= 4 is 17.5 Å². The number of aromatic hydroxyl groups is 1. The molecule has 0 spiro atoms. The van der Waals surface area contributed by atoms with Gasteiger partial charge in [0.15, 0.2) is 5.78 Å². The first kappa shape index (κ1) is 11.1. The summed E-state index contributed by atoms with van der Waals surface area (Å²) in [6.45, 7) is 0.308. The fourth-order valence-corrected chi connectivity index (χ4v) is 1.57. The minimum absolute atomic E-state index is 0.0373. The van der Waals surface area contributed by atoms with Gasteiger partial charge in [0.05, 0.1) is 5.56 Å². The Bertz CT molecular complexity index is 339. The van der Waals surface area contributed by atoms with Gasteiger partial charge in [-0.05, 0) is 31.0 Å². The summed E-state index contributed by atoms with van der Waals surface area (Å²) in [5.74, 6) is -0.0760. The third-order valence-corrected chi connectivity index (χ3v) is 2.60. The van der Waals surface area contributed by atoms with Crippen LogP contribution in [0, 0.1) is 0 Å². The molecule has 76 valence electrons. The van der Waals surface area contributed by atoms with Crippen LogP contribution < -0.4 is 5.73 Å². The van der Waals surface area contributed by atoms with Gasteiger partial charge in [0.25, 0.3) is 0 Å². The average Bonchev–Trinajstić information content (AvgIpc) is 2.17. The molecule has 4 heteroatoms. The number of benzene rings is 1. The molecule has 14 heavy (non-hydrogen) atoms. The molecular formula is C10H13NO2S. The third kappa shape index (κ3) is 2.49. The monoisotopic (exact) mass is 211 g/mol. The van der Waals surface area contributed by atoms with Crippen LogP contribution >= 0.6 is 11.8 Å². The topological polar surface area (TPSA) is 63.3 Å². The number of thioether (sulfide) groups is 1. The highest BCUT2D eigenvalue weighted by molar-refractivity contribution is 7.98. The van der Waals surface area contributed by atoms with Crippen LogP contribution in [0.15, 0.2) is 23.1 Å². The summed E-state index contributed by atoms with van der Waals surface area (Å²) in [5, 5.41) is 9.54. The van der Waals surface area contributed by atoms with Crippen molar-refractivity contribution in [2.24, 2.45) is 5.73 Å². The van der Waals surface area contributed by atoms with Crippen molar-refractivity contribution in [1.82, 2.24) is 0 Å². The molecule has 0 aliphatic heterocycles. The highest BCUT2D eigenvalue weighted by atomic mass is 32.2. The summed E-state index contributed by atoms with van der Waals surface area (Å²) in [6, 6.07) is 5.04. The molecule has 0 saturated heterocycles. The summed E-state index contributed by atoms with van der Waals surface area (Å²) in [4.78, 5) is 12.4. The van der Waals surface area contributed by atoms with E-state index >= 15 is 0 Å². The zero-order valence-corrected chi connectivity index (χ0v) is 8.80. The summed E-state index contributed by atoms with van der Waals surface area (Å²) in [7, 11) is 0. The minimum Gasteiger partial charge on any atom is -0.507 e. The van der Waals surface area contributed by atoms with Gasteiger partial charge in [-0.15, -0.1) is 11.8 Å². The number of rotatable bonds is 4. The fraction of sp³-hybridized carbons (Fsp3) is 0.300. The molecule has 3 N–H and O–H groups in total.